The SMILES string of the molecule is COc1cc(CCN(C)C(=O)CCCCCCCCC(=O)N[C@H](C(=O)N2C[C@H](O)CC2C(=O)N[C@@H](C)c2ccc(-c3scnc3C)cc2)C(C)(C)C)c(C)cc1Nc1ncc(Cl)c(Nc2ccccc2P(C)(C)=O)n1. The maximum Gasteiger partial charge on any atom is 0.246 e. The van der Waals surface area contributed by atoms with E-state index in [1.54, 1.807) is 36.7 Å². The number of hydrogen-bond acceptors (Lipinski definition) is 13. The van der Waals surface area contributed by atoms with Gasteiger partial charge in [-0.15, -0.1) is 11.3 Å². The molecule has 1 fully saturated rings. The number of unbranched alkanes of at least 4 members (excludes halogenated alkanes) is 5. The molecular formula is C56H75ClN9O7PS. The Hall–Kier alpha value is -5.87. The standard InChI is InChI=1S/C56H75ClN9O7PS/c1-35-29-44(62-55-58-32-42(57)52(64-55)61-43-19-17-18-20-47(43)74(9,10)72)46(73-8)30-40(35)27-28-65(7)49(69)22-16-14-12-11-13-15-21-48(68)63-51(56(4,5)6)54(71)66-33-41(67)31-45(66)53(70)60-36(2)38-23-25-39(26-24-38)50-37(3)59-34-75-50/h17-20,23-26,29-30,32,34,36,41,45,51,67H,11-16,21-22,27-28,31,33H2,1-10H3,(H,60,70)(H,63,68)(H2,58,61,62,64)/t36-,41+,45?,51+/m0/s1. The highest BCUT2D eigenvalue weighted by molar-refractivity contribution is 7.70. The lowest BCUT2D eigenvalue weighted by atomic mass is 9.85. The summed E-state index contributed by atoms with van der Waals surface area (Å²) >= 11 is 8.06. The van der Waals surface area contributed by atoms with Gasteiger partial charge in [0.2, 0.25) is 29.6 Å². The number of anilines is 4. The van der Waals surface area contributed by atoms with E-state index >= 15 is 0 Å². The highest BCUT2D eigenvalue weighted by atomic mass is 35.5. The predicted octanol–water partition coefficient (Wildman–Crippen LogP) is 10.1. The molecule has 5 aromatic rings. The topological polar surface area (TPSA) is 208 Å². The third kappa shape index (κ3) is 16.1. The van der Waals surface area contributed by atoms with Crippen molar-refractivity contribution in [3.05, 3.63) is 99.8 Å². The molecule has 0 spiro atoms. The number of nitrogens with zero attached hydrogens (tertiary/aromatic N) is 5. The molecule has 5 N–H and O–H groups in total. The van der Waals surface area contributed by atoms with E-state index in [1.165, 1.54) is 11.1 Å². The van der Waals surface area contributed by atoms with E-state index in [0.29, 0.717) is 65.0 Å². The minimum absolute atomic E-state index is 0.00849. The van der Waals surface area contributed by atoms with Gasteiger partial charge < -0.3 is 45.5 Å². The molecule has 1 aliphatic heterocycles. The van der Waals surface area contributed by atoms with Crippen LogP contribution in [0.3, 0.4) is 0 Å². The van der Waals surface area contributed by atoms with E-state index in [4.69, 9.17) is 16.3 Å². The maximum atomic E-state index is 14.1. The van der Waals surface area contributed by atoms with Gasteiger partial charge in [-0.05, 0) is 105 Å². The van der Waals surface area contributed by atoms with Gasteiger partial charge in [0.25, 0.3) is 0 Å². The summed E-state index contributed by atoms with van der Waals surface area (Å²) in [4.78, 5) is 71.8. The van der Waals surface area contributed by atoms with Crippen LogP contribution in [0.15, 0.2) is 72.4 Å². The third-order valence-corrected chi connectivity index (χ3v) is 16.4. The number of aliphatic hydroxyl groups excluding tert-OH is 1. The van der Waals surface area contributed by atoms with Gasteiger partial charge >= 0.3 is 0 Å². The number of thiazole rings is 1. The molecule has 1 unspecified atom stereocenters. The summed E-state index contributed by atoms with van der Waals surface area (Å²) in [5.41, 5.74) is 7.46. The van der Waals surface area contributed by atoms with Crippen LogP contribution in [0, 0.1) is 19.3 Å². The van der Waals surface area contributed by atoms with Gasteiger partial charge in [0.1, 0.15) is 30.0 Å². The van der Waals surface area contributed by atoms with Crippen LogP contribution in [0.25, 0.3) is 10.4 Å². The monoisotopic (exact) mass is 1080 g/mol. The van der Waals surface area contributed by atoms with Crippen LogP contribution in [0.2, 0.25) is 5.02 Å². The van der Waals surface area contributed by atoms with Crippen LogP contribution in [0.4, 0.5) is 23.1 Å². The summed E-state index contributed by atoms with van der Waals surface area (Å²) in [6, 6.07) is 17.2. The zero-order valence-corrected chi connectivity index (χ0v) is 47.6. The first kappa shape index (κ1) is 58.4. The van der Waals surface area contributed by atoms with Gasteiger partial charge in [-0.1, -0.05) is 94.5 Å². The van der Waals surface area contributed by atoms with E-state index in [0.717, 1.165) is 64.9 Å². The number of carbonyl (C=O) groups excluding carboxylic acids is 4. The minimum Gasteiger partial charge on any atom is -0.495 e. The smallest absolute Gasteiger partial charge is 0.246 e. The fourth-order valence-corrected chi connectivity index (χ4v) is 11.3. The summed E-state index contributed by atoms with van der Waals surface area (Å²) < 4.78 is 18.7. The van der Waals surface area contributed by atoms with Gasteiger partial charge in [0.15, 0.2) is 5.82 Å². The van der Waals surface area contributed by atoms with Gasteiger partial charge in [-0.2, -0.15) is 4.98 Å². The van der Waals surface area contributed by atoms with Crippen LogP contribution in [0.1, 0.15) is 114 Å². The number of likely N-dealkylation sites (tertiary alicyclic amines) is 1. The Kier molecular flexibility index (Phi) is 20.4. The second kappa shape index (κ2) is 26.3. The molecule has 1 saturated heterocycles. The van der Waals surface area contributed by atoms with E-state index < -0.39 is 30.7 Å². The number of carbonyl (C=O) groups is 4. The lowest BCUT2D eigenvalue weighted by Gasteiger charge is -2.35. The minimum atomic E-state index is -2.58. The third-order valence-electron chi connectivity index (χ3n) is 13.6. The maximum absolute atomic E-state index is 14.1. The number of β-amino-alcohol motifs (C(OH)–C–C–N with tert-alkyl or cyclic N) is 1. The number of aliphatic hydroxyl groups is 1. The number of methoxy groups -OCH3 is 1. The van der Waals surface area contributed by atoms with Crippen molar-refractivity contribution in [1.82, 2.24) is 35.4 Å². The Morgan fingerprint density at radius 1 is 0.933 bits per heavy atom. The van der Waals surface area contributed by atoms with E-state index in [9.17, 15) is 28.8 Å². The number of amides is 4. The van der Waals surface area contributed by atoms with Crippen molar-refractivity contribution in [3.8, 4) is 16.2 Å². The first-order valence-corrected chi connectivity index (χ1v) is 29.6. The Morgan fingerprint density at radius 3 is 2.27 bits per heavy atom. The van der Waals surface area contributed by atoms with Gasteiger partial charge in [-0.25, -0.2) is 9.97 Å². The van der Waals surface area contributed by atoms with Crippen LogP contribution in [0.5, 0.6) is 5.75 Å². The van der Waals surface area contributed by atoms with Crippen LogP contribution < -0.4 is 31.3 Å². The molecule has 0 saturated carbocycles. The van der Waals surface area contributed by atoms with Crippen LogP contribution in [-0.2, 0) is 30.2 Å². The molecule has 0 aliphatic carbocycles. The summed E-state index contributed by atoms with van der Waals surface area (Å²) in [7, 11) is 0.839. The second-order valence-electron chi connectivity index (χ2n) is 21.1. The lowest BCUT2D eigenvalue weighted by molar-refractivity contribution is -0.144. The molecule has 0 radical (unpaired) electrons. The first-order chi connectivity index (χ1) is 35.5. The molecule has 4 amide bonds. The molecular weight excluding hydrogens is 1010 g/mol. The van der Waals surface area contributed by atoms with E-state index in [-0.39, 0.29) is 49.1 Å². The lowest BCUT2D eigenvalue weighted by Crippen LogP contribution is -2.57. The number of rotatable bonds is 24. The number of para-hydroxylation sites is 1. The average molecular weight is 1080 g/mol. The Balaban J connectivity index is 0.894. The number of aryl methyl sites for hydroxylation is 2. The largest absolute Gasteiger partial charge is 0.495 e. The van der Waals surface area contributed by atoms with E-state index in [1.807, 2.05) is 115 Å². The number of hydrogen-bond donors (Lipinski definition) is 5. The zero-order valence-electron chi connectivity index (χ0n) is 45.1. The van der Waals surface area contributed by atoms with Gasteiger partial charge in [0.05, 0.1) is 52.9 Å². The molecule has 4 atom stereocenters. The van der Waals surface area contributed by atoms with Crippen LogP contribution in [-0.4, -0.2) is 112 Å². The Morgan fingerprint density at radius 2 is 1.61 bits per heavy atom. The molecule has 75 heavy (non-hydrogen) atoms. The van der Waals surface area contributed by atoms with Crippen molar-refractivity contribution < 1.29 is 33.6 Å². The van der Waals surface area contributed by atoms with Gasteiger partial charge in [0, 0.05) is 44.7 Å². The molecule has 3 aromatic carbocycles. The number of benzene rings is 3. The van der Waals surface area contributed by atoms with Crippen molar-refractivity contribution in [2.24, 2.45) is 5.41 Å². The zero-order chi connectivity index (χ0) is 54.6. The van der Waals surface area contributed by atoms with Crippen LogP contribution >= 0.6 is 30.1 Å². The highest BCUT2D eigenvalue weighted by Crippen LogP contribution is 2.39. The predicted molar refractivity (Wildman–Crippen MR) is 302 cm³/mol. The molecule has 0 bridgehead atoms. The van der Waals surface area contributed by atoms with Crippen molar-refractivity contribution in [3.63, 3.8) is 0 Å². The number of likely N-dealkylation sites (N-methyl/N-ethyl adjacent to an activating group) is 1. The van der Waals surface area contributed by atoms with Gasteiger partial charge in [-0.3, -0.25) is 19.2 Å². The fourth-order valence-electron chi connectivity index (χ4n) is 9.20. The van der Waals surface area contributed by atoms with Crippen molar-refractivity contribution in [1.29, 1.82) is 0 Å². The number of nitrogens with one attached hydrogen (secondary N) is 4. The number of halogens is 1. The van der Waals surface area contributed by atoms with E-state index in [2.05, 4.69) is 36.2 Å². The number of ether oxygens (including phenoxy) is 1. The Bertz CT molecular complexity index is 2830. The van der Waals surface area contributed by atoms with Crippen molar-refractivity contribution in [2.45, 2.75) is 130 Å². The molecule has 2 aromatic heterocycles. The molecule has 6 rings (SSSR count). The molecule has 404 valence electrons. The normalized spacial score (nSPS) is 15.5. The summed E-state index contributed by atoms with van der Waals surface area (Å²) in [6.45, 7) is 15.5. The molecule has 16 nitrogen and oxygen atoms in total. The number of aromatic nitrogens is 3. The summed E-state index contributed by atoms with van der Waals surface area (Å²) in [6.07, 6.45) is 7.10. The van der Waals surface area contributed by atoms with Crippen molar-refractivity contribution in [2.75, 3.05) is 51.2 Å². The Labute approximate surface area is 451 Å². The fraction of sp³-hybridized carbons (Fsp3) is 0.482. The summed E-state index contributed by atoms with van der Waals surface area (Å²) in [5, 5.41) is 24.2. The highest BCUT2D eigenvalue weighted by Gasteiger charge is 2.44. The van der Waals surface area contributed by atoms with Crippen molar-refractivity contribution >= 4 is 82.2 Å². The first-order valence-electron chi connectivity index (χ1n) is 25.7. The molecule has 3 heterocycles. The quantitative estimate of drug-likeness (QED) is 0.0289. The molecule has 1 aliphatic rings. The second-order valence-corrected chi connectivity index (χ2v) is 25.5. The average Bonchev–Trinajstić information content (AvgIpc) is 3.98. The molecule has 19 heteroatoms. The summed E-state index contributed by atoms with van der Waals surface area (Å²) in [5.74, 6) is 0.364.